The standard InChI is InChI=1S/C15H20N2O3S/c1-17(12-13-6-4-7-13)21(19,20)15-9-14(10-16-11-15)5-2-3-8-18/h9-11,13,18H,3-4,6-8,12H2,1H3. The van der Waals surface area contributed by atoms with Gasteiger partial charge < -0.3 is 5.11 Å². The van der Waals surface area contributed by atoms with Crippen LogP contribution >= 0.6 is 0 Å². The zero-order valence-electron chi connectivity index (χ0n) is 12.1. The molecule has 21 heavy (non-hydrogen) atoms. The summed E-state index contributed by atoms with van der Waals surface area (Å²) in [6.45, 7) is 0.547. The third-order valence-corrected chi connectivity index (χ3v) is 5.42. The molecule has 0 atom stereocenters. The summed E-state index contributed by atoms with van der Waals surface area (Å²) in [5.41, 5.74) is 0.543. The van der Waals surface area contributed by atoms with Gasteiger partial charge in [0.15, 0.2) is 0 Å². The smallest absolute Gasteiger partial charge is 0.244 e. The first kappa shape index (κ1) is 16.0. The zero-order chi connectivity index (χ0) is 15.3. The first-order chi connectivity index (χ1) is 10.0. The molecule has 1 aromatic heterocycles. The summed E-state index contributed by atoms with van der Waals surface area (Å²) < 4.78 is 26.4. The summed E-state index contributed by atoms with van der Waals surface area (Å²) in [6, 6.07) is 1.53. The minimum atomic E-state index is -3.51. The van der Waals surface area contributed by atoms with E-state index in [1.807, 2.05) is 0 Å². The van der Waals surface area contributed by atoms with Crippen LogP contribution in [0.15, 0.2) is 23.4 Å². The van der Waals surface area contributed by atoms with E-state index in [9.17, 15) is 8.42 Å². The summed E-state index contributed by atoms with van der Waals surface area (Å²) in [5, 5.41) is 8.69. The average molecular weight is 308 g/mol. The van der Waals surface area contributed by atoms with E-state index in [1.54, 1.807) is 7.05 Å². The topological polar surface area (TPSA) is 70.5 Å². The summed E-state index contributed by atoms with van der Waals surface area (Å²) in [6.07, 6.45) is 6.63. The van der Waals surface area contributed by atoms with Gasteiger partial charge in [0.05, 0.1) is 6.61 Å². The Morgan fingerprint density at radius 3 is 2.81 bits per heavy atom. The Bertz CT molecular complexity index is 642. The van der Waals surface area contributed by atoms with Gasteiger partial charge in [0.2, 0.25) is 10.0 Å². The first-order valence-electron chi connectivity index (χ1n) is 7.05. The van der Waals surface area contributed by atoms with Crippen LogP contribution in [0.25, 0.3) is 0 Å². The molecule has 1 aliphatic rings. The average Bonchev–Trinajstić information content (AvgIpc) is 2.43. The maximum Gasteiger partial charge on any atom is 0.244 e. The van der Waals surface area contributed by atoms with Crippen LogP contribution in [-0.4, -0.2) is 43.0 Å². The fraction of sp³-hybridized carbons (Fsp3) is 0.533. The molecule has 0 aromatic carbocycles. The van der Waals surface area contributed by atoms with Crippen molar-refractivity contribution in [2.75, 3.05) is 20.2 Å². The molecule has 114 valence electrons. The van der Waals surface area contributed by atoms with Gasteiger partial charge in [0.25, 0.3) is 0 Å². The molecular weight excluding hydrogens is 288 g/mol. The molecule has 0 unspecified atom stereocenters. The van der Waals surface area contributed by atoms with E-state index in [4.69, 9.17) is 5.11 Å². The lowest BCUT2D eigenvalue weighted by molar-refractivity contribution is 0.263. The molecule has 0 radical (unpaired) electrons. The van der Waals surface area contributed by atoms with Crippen LogP contribution in [0, 0.1) is 17.8 Å². The lowest BCUT2D eigenvalue weighted by atomic mass is 9.86. The second-order valence-electron chi connectivity index (χ2n) is 5.27. The lowest BCUT2D eigenvalue weighted by Gasteiger charge is -2.29. The van der Waals surface area contributed by atoms with Crippen LogP contribution in [0.2, 0.25) is 0 Å². The number of sulfonamides is 1. The van der Waals surface area contributed by atoms with E-state index >= 15 is 0 Å². The summed E-state index contributed by atoms with van der Waals surface area (Å²) in [4.78, 5) is 4.12. The van der Waals surface area contributed by atoms with Crippen molar-refractivity contribution >= 4 is 10.0 Å². The molecule has 1 fully saturated rings. The third-order valence-electron chi connectivity index (χ3n) is 3.63. The van der Waals surface area contributed by atoms with Crippen molar-refractivity contribution in [3.05, 3.63) is 24.0 Å². The van der Waals surface area contributed by atoms with Crippen LogP contribution < -0.4 is 0 Å². The highest BCUT2D eigenvalue weighted by atomic mass is 32.2. The number of aliphatic hydroxyl groups is 1. The fourth-order valence-electron chi connectivity index (χ4n) is 2.17. The molecule has 0 saturated heterocycles. The minimum Gasteiger partial charge on any atom is -0.395 e. The zero-order valence-corrected chi connectivity index (χ0v) is 12.9. The SMILES string of the molecule is CN(CC1CCC1)S(=O)(=O)c1cncc(C#CCCO)c1. The van der Waals surface area contributed by atoms with Gasteiger partial charge in [0, 0.05) is 38.0 Å². The Labute approximate surface area is 126 Å². The van der Waals surface area contributed by atoms with E-state index in [0.717, 1.165) is 12.8 Å². The molecule has 1 N–H and O–H groups in total. The summed E-state index contributed by atoms with van der Waals surface area (Å²) >= 11 is 0. The Hall–Kier alpha value is -1.42. The number of hydrogen-bond donors (Lipinski definition) is 1. The first-order valence-corrected chi connectivity index (χ1v) is 8.49. The van der Waals surface area contributed by atoms with Crippen molar-refractivity contribution in [3.8, 4) is 11.8 Å². The van der Waals surface area contributed by atoms with Crippen LogP contribution in [0.4, 0.5) is 0 Å². The molecule has 0 aliphatic heterocycles. The highest BCUT2D eigenvalue weighted by Gasteiger charge is 2.27. The Morgan fingerprint density at radius 1 is 1.43 bits per heavy atom. The van der Waals surface area contributed by atoms with E-state index < -0.39 is 10.0 Å². The van der Waals surface area contributed by atoms with Gasteiger partial charge in [-0.3, -0.25) is 4.98 Å². The molecule has 1 saturated carbocycles. The van der Waals surface area contributed by atoms with Gasteiger partial charge in [-0.1, -0.05) is 18.3 Å². The van der Waals surface area contributed by atoms with Crippen molar-refractivity contribution in [2.24, 2.45) is 5.92 Å². The van der Waals surface area contributed by atoms with E-state index in [1.165, 1.54) is 29.2 Å². The normalized spacial score (nSPS) is 15.4. The van der Waals surface area contributed by atoms with Crippen LogP contribution in [0.1, 0.15) is 31.2 Å². The van der Waals surface area contributed by atoms with Crippen LogP contribution in [0.5, 0.6) is 0 Å². The van der Waals surface area contributed by atoms with Gasteiger partial charge in [0.1, 0.15) is 4.90 Å². The predicted octanol–water partition coefficient (Wildman–Crippen LogP) is 1.24. The van der Waals surface area contributed by atoms with Crippen LogP contribution in [-0.2, 0) is 10.0 Å². The molecule has 0 spiro atoms. The van der Waals surface area contributed by atoms with E-state index in [-0.39, 0.29) is 11.5 Å². The Morgan fingerprint density at radius 2 is 2.19 bits per heavy atom. The second-order valence-corrected chi connectivity index (χ2v) is 7.31. The predicted molar refractivity (Wildman–Crippen MR) is 80.0 cm³/mol. The maximum atomic E-state index is 12.5. The molecule has 5 nitrogen and oxygen atoms in total. The highest BCUT2D eigenvalue weighted by Crippen LogP contribution is 2.28. The molecule has 1 aliphatic carbocycles. The van der Waals surface area contributed by atoms with Crippen molar-refractivity contribution < 1.29 is 13.5 Å². The molecule has 1 heterocycles. The van der Waals surface area contributed by atoms with E-state index in [0.29, 0.717) is 24.4 Å². The molecule has 1 aromatic rings. The minimum absolute atomic E-state index is 0.0114. The maximum absolute atomic E-state index is 12.5. The number of nitrogens with zero attached hydrogens (tertiary/aromatic N) is 2. The third kappa shape index (κ3) is 4.03. The molecule has 0 bridgehead atoms. The van der Waals surface area contributed by atoms with Crippen molar-refractivity contribution in [1.29, 1.82) is 0 Å². The number of aliphatic hydroxyl groups excluding tert-OH is 1. The molecule has 2 rings (SSSR count). The lowest BCUT2D eigenvalue weighted by Crippen LogP contribution is -2.34. The Kier molecular flexibility index (Phi) is 5.34. The van der Waals surface area contributed by atoms with Crippen molar-refractivity contribution in [2.45, 2.75) is 30.6 Å². The number of aromatic nitrogens is 1. The fourth-order valence-corrected chi connectivity index (χ4v) is 3.40. The monoisotopic (exact) mass is 308 g/mol. The number of rotatable bonds is 5. The molecule has 0 amide bonds. The second kappa shape index (κ2) is 7.03. The van der Waals surface area contributed by atoms with Gasteiger partial charge >= 0.3 is 0 Å². The number of pyridine rings is 1. The molecule has 6 heteroatoms. The number of hydrogen-bond acceptors (Lipinski definition) is 4. The molecular formula is C15H20N2O3S. The Balaban J connectivity index is 2.15. The van der Waals surface area contributed by atoms with Gasteiger partial charge in [-0.25, -0.2) is 12.7 Å². The summed E-state index contributed by atoms with van der Waals surface area (Å²) in [5.74, 6) is 6.04. The van der Waals surface area contributed by atoms with E-state index in [2.05, 4.69) is 16.8 Å². The van der Waals surface area contributed by atoms with Gasteiger partial charge in [-0.2, -0.15) is 0 Å². The largest absolute Gasteiger partial charge is 0.395 e. The van der Waals surface area contributed by atoms with Crippen molar-refractivity contribution in [3.63, 3.8) is 0 Å². The quantitative estimate of drug-likeness (QED) is 0.831. The van der Waals surface area contributed by atoms with Crippen molar-refractivity contribution in [1.82, 2.24) is 9.29 Å². The van der Waals surface area contributed by atoms with Gasteiger partial charge in [-0.15, -0.1) is 0 Å². The summed E-state index contributed by atoms with van der Waals surface area (Å²) in [7, 11) is -1.90. The van der Waals surface area contributed by atoms with Crippen LogP contribution in [0.3, 0.4) is 0 Å². The highest BCUT2D eigenvalue weighted by molar-refractivity contribution is 7.89. The van der Waals surface area contributed by atoms with Gasteiger partial charge in [-0.05, 0) is 24.8 Å².